The van der Waals surface area contributed by atoms with E-state index >= 15 is 0 Å². The van der Waals surface area contributed by atoms with E-state index in [-0.39, 0.29) is 12.6 Å². The monoisotopic (exact) mass is 335 g/mol. The molecule has 6 heteroatoms. The summed E-state index contributed by atoms with van der Waals surface area (Å²) in [7, 11) is 0. The molecule has 0 aliphatic heterocycles. The number of hydrogen-bond acceptors (Lipinski definition) is 4. The number of anilines is 1. The molecule has 4 aromatic rings. The topological polar surface area (TPSA) is 89.6 Å². The number of H-pyrrole nitrogens is 2. The normalized spacial score (nSPS) is 13.0. The van der Waals surface area contributed by atoms with Gasteiger partial charge in [0.25, 0.3) is 0 Å². The number of hydrogen-bond donors (Lipinski definition) is 4. The average Bonchev–Trinajstić information content (AvgIpc) is 3.25. The summed E-state index contributed by atoms with van der Waals surface area (Å²) in [5.41, 5.74) is 3.95. The van der Waals surface area contributed by atoms with Gasteiger partial charge in [-0.2, -0.15) is 0 Å². The molecule has 0 radical (unpaired) electrons. The van der Waals surface area contributed by atoms with E-state index in [1.165, 1.54) is 11.7 Å². The van der Waals surface area contributed by atoms with E-state index in [9.17, 15) is 5.11 Å². The molecular formula is C19H21N5O. The summed E-state index contributed by atoms with van der Waals surface area (Å²) in [6.07, 6.45) is 3.47. The molecule has 1 atom stereocenters. The number of aromatic amines is 2. The van der Waals surface area contributed by atoms with Crippen molar-refractivity contribution in [3.63, 3.8) is 0 Å². The standard InChI is InChI=1S/C19H21N5O/c1-11(2)17(9-25)24-19-14-8-16(23-18(14)21-10-22-19)13-4-3-12-5-6-20-15(12)7-13/h3-8,10-11,17,20,25H,9H2,1-2H3,(H2,21,22,23,24). The Kier molecular flexibility index (Phi) is 3.89. The minimum Gasteiger partial charge on any atom is -0.394 e. The van der Waals surface area contributed by atoms with Crippen molar-refractivity contribution in [3.05, 3.63) is 42.9 Å². The van der Waals surface area contributed by atoms with Gasteiger partial charge in [0, 0.05) is 23.0 Å². The Morgan fingerprint density at radius 2 is 2.04 bits per heavy atom. The van der Waals surface area contributed by atoms with Crippen molar-refractivity contribution in [2.45, 2.75) is 19.9 Å². The van der Waals surface area contributed by atoms with Gasteiger partial charge in [0.2, 0.25) is 0 Å². The predicted octanol–water partition coefficient (Wildman–Crippen LogP) is 3.54. The second-order valence-electron chi connectivity index (χ2n) is 6.62. The highest BCUT2D eigenvalue weighted by atomic mass is 16.3. The maximum absolute atomic E-state index is 9.58. The first-order valence-corrected chi connectivity index (χ1v) is 8.44. The molecule has 0 fully saturated rings. The smallest absolute Gasteiger partial charge is 0.143 e. The Bertz CT molecular complexity index is 1020. The van der Waals surface area contributed by atoms with E-state index in [2.05, 4.69) is 69.4 Å². The van der Waals surface area contributed by atoms with Crippen molar-refractivity contribution >= 4 is 27.8 Å². The zero-order valence-electron chi connectivity index (χ0n) is 14.2. The lowest BCUT2D eigenvalue weighted by Crippen LogP contribution is -2.29. The molecule has 0 bridgehead atoms. The third-order valence-corrected chi connectivity index (χ3v) is 4.62. The highest BCUT2D eigenvalue weighted by molar-refractivity contribution is 5.93. The number of rotatable bonds is 5. The van der Waals surface area contributed by atoms with Crippen LogP contribution in [0, 0.1) is 5.92 Å². The minimum absolute atomic E-state index is 0.0493. The first kappa shape index (κ1) is 15.7. The van der Waals surface area contributed by atoms with E-state index in [0.29, 0.717) is 5.92 Å². The number of aliphatic hydroxyl groups is 1. The van der Waals surface area contributed by atoms with Gasteiger partial charge >= 0.3 is 0 Å². The van der Waals surface area contributed by atoms with Crippen LogP contribution in [0.1, 0.15) is 13.8 Å². The van der Waals surface area contributed by atoms with Gasteiger partial charge in [-0.3, -0.25) is 0 Å². The first-order chi connectivity index (χ1) is 12.2. The van der Waals surface area contributed by atoms with Crippen LogP contribution in [-0.4, -0.2) is 37.7 Å². The predicted molar refractivity (Wildman–Crippen MR) is 101 cm³/mol. The molecule has 0 saturated carbocycles. The molecule has 25 heavy (non-hydrogen) atoms. The average molecular weight is 335 g/mol. The largest absolute Gasteiger partial charge is 0.394 e. The second-order valence-corrected chi connectivity index (χ2v) is 6.62. The molecule has 1 aromatic carbocycles. The maximum atomic E-state index is 9.58. The van der Waals surface area contributed by atoms with Crippen LogP contribution >= 0.6 is 0 Å². The van der Waals surface area contributed by atoms with Crippen LogP contribution in [0.15, 0.2) is 42.9 Å². The van der Waals surface area contributed by atoms with Crippen molar-refractivity contribution in [1.29, 1.82) is 0 Å². The summed E-state index contributed by atoms with van der Waals surface area (Å²) in [5, 5.41) is 15.0. The lowest BCUT2D eigenvalue weighted by Gasteiger charge is -2.20. The Hall–Kier alpha value is -2.86. The summed E-state index contributed by atoms with van der Waals surface area (Å²) in [6, 6.07) is 10.4. The molecule has 6 nitrogen and oxygen atoms in total. The van der Waals surface area contributed by atoms with Crippen molar-refractivity contribution in [2.75, 3.05) is 11.9 Å². The third kappa shape index (κ3) is 2.85. The fraction of sp³-hybridized carbons (Fsp3) is 0.263. The Morgan fingerprint density at radius 3 is 2.84 bits per heavy atom. The van der Waals surface area contributed by atoms with Crippen LogP contribution in [0.4, 0.5) is 5.82 Å². The van der Waals surface area contributed by atoms with Gasteiger partial charge in [-0.25, -0.2) is 9.97 Å². The third-order valence-electron chi connectivity index (χ3n) is 4.62. The maximum Gasteiger partial charge on any atom is 0.143 e. The number of aromatic nitrogens is 4. The minimum atomic E-state index is -0.0493. The molecule has 0 aliphatic carbocycles. The first-order valence-electron chi connectivity index (χ1n) is 8.44. The number of nitrogens with zero attached hydrogens (tertiary/aromatic N) is 2. The van der Waals surface area contributed by atoms with Crippen LogP contribution < -0.4 is 5.32 Å². The van der Waals surface area contributed by atoms with E-state index in [1.54, 1.807) is 0 Å². The van der Waals surface area contributed by atoms with E-state index in [1.807, 2.05) is 6.20 Å². The van der Waals surface area contributed by atoms with Gasteiger partial charge in [0.1, 0.15) is 17.8 Å². The zero-order chi connectivity index (χ0) is 17.4. The van der Waals surface area contributed by atoms with Gasteiger partial charge in [-0.1, -0.05) is 26.0 Å². The van der Waals surface area contributed by atoms with Crippen LogP contribution in [0.25, 0.3) is 33.2 Å². The van der Waals surface area contributed by atoms with E-state index < -0.39 is 0 Å². The summed E-state index contributed by atoms with van der Waals surface area (Å²) >= 11 is 0. The SMILES string of the molecule is CC(C)C(CO)Nc1ncnc2[nH]c(-c3ccc4cc[nH]c4c3)cc12. The Labute approximate surface area is 145 Å². The Morgan fingerprint density at radius 1 is 1.16 bits per heavy atom. The lowest BCUT2D eigenvalue weighted by atomic mass is 10.1. The van der Waals surface area contributed by atoms with Gasteiger partial charge in [0.05, 0.1) is 18.0 Å². The lowest BCUT2D eigenvalue weighted by molar-refractivity contribution is 0.249. The highest BCUT2D eigenvalue weighted by Crippen LogP contribution is 2.29. The molecule has 0 amide bonds. The molecule has 128 valence electrons. The fourth-order valence-electron chi connectivity index (χ4n) is 3.02. The molecule has 3 aromatic heterocycles. The number of fused-ring (bicyclic) bond motifs is 2. The summed E-state index contributed by atoms with van der Waals surface area (Å²) in [5.74, 6) is 1.03. The van der Waals surface area contributed by atoms with Crippen molar-refractivity contribution < 1.29 is 5.11 Å². The summed E-state index contributed by atoms with van der Waals surface area (Å²) in [6.45, 7) is 4.20. The van der Waals surface area contributed by atoms with Gasteiger partial charge in [0.15, 0.2) is 0 Å². The van der Waals surface area contributed by atoms with Crippen LogP contribution in [0.5, 0.6) is 0 Å². The highest BCUT2D eigenvalue weighted by Gasteiger charge is 2.16. The summed E-state index contributed by atoms with van der Waals surface area (Å²) < 4.78 is 0. The molecule has 3 heterocycles. The molecule has 0 aliphatic rings. The number of benzene rings is 1. The van der Waals surface area contributed by atoms with Crippen molar-refractivity contribution in [1.82, 2.24) is 19.9 Å². The molecule has 0 saturated heterocycles. The fourth-order valence-corrected chi connectivity index (χ4v) is 3.02. The van der Waals surface area contributed by atoms with Crippen molar-refractivity contribution in [2.24, 2.45) is 5.92 Å². The second kappa shape index (κ2) is 6.22. The number of aliphatic hydroxyl groups excluding tert-OH is 1. The van der Waals surface area contributed by atoms with Gasteiger partial charge in [-0.15, -0.1) is 0 Å². The molecular weight excluding hydrogens is 314 g/mol. The molecule has 0 spiro atoms. The van der Waals surface area contributed by atoms with E-state index in [0.717, 1.165) is 33.6 Å². The quantitative estimate of drug-likeness (QED) is 0.449. The molecule has 1 unspecified atom stereocenters. The number of nitrogens with one attached hydrogen (secondary N) is 3. The van der Waals surface area contributed by atoms with Gasteiger partial charge < -0.3 is 20.4 Å². The summed E-state index contributed by atoms with van der Waals surface area (Å²) in [4.78, 5) is 15.3. The Balaban J connectivity index is 1.75. The van der Waals surface area contributed by atoms with Crippen molar-refractivity contribution in [3.8, 4) is 11.3 Å². The zero-order valence-corrected chi connectivity index (χ0v) is 14.2. The molecule has 4 rings (SSSR count). The van der Waals surface area contributed by atoms with E-state index in [4.69, 9.17) is 0 Å². The van der Waals surface area contributed by atoms with Gasteiger partial charge in [-0.05, 0) is 29.5 Å². The molecule has 4 N–H and O–H groups in total. The van der Waals surface area contributed by atoms with Crippen LogP contribution in [0.2, 0.25) is 0 Å². The van der Waals surface area contributed by atoms with Crippen LogP contribution in [0.3, 0.4) is 0 Å². The van der Waals surface area contributed by atoms with Crippen LogP contribution in [-0.2, 0) is 0 Å².